The molecule has 108 valence electrons. The summed E-state index contributed by atoms with van der Waals surface area (Å²) in [5.74, 6) is -1.85. The third kappa shape index (κ3) is 32.2. The molecule has 0 aliphatic rings. The van der Waals surface area contributed by atoms with Gasteiger partial charge in [-0.25, -0.2) is 0 Å². The van der Waals surface area contributed by atoms with E-state index in [2.05, 4.69) is 13.8 Å². The fourth-order valence-corrected chi connectivity index (χ4v) is 1.39. The van der Waals surface area contributed by atoms with Gasteiger partial charge in [-0.05, 0) is 25.7 Å². The van der Waals surface area contributed by atoms with Crippen molar-refractivity contribution in [2.75, 3.05) is 0 Å². The molecular formula is C14H26O4Sr. The van der Waals surface area contributed by atoms with Crippen LogP contribution in [0.2, 0.25) is 0 Å². The Balaban J connectivity index is -0.000000256. The molecule has 0 unspecified atom stereocenters. The Hall–Kier alpha value is 0.421. The standard InChI is InChI=1S/2C7H14O2.Sr/c2*1-2-3-4-5-6-7(8)9;/h2*2-6H2,1H3,(H,8,9);/q;;+2/p-2. The molecule has 0 spiro atoms. The quantitative estimate of drug-likeness (QED) is 0.437. The van der Waals surface area contributed by atoms with E-state index in [9.17, 15) is 19.8 Å². The largest absolute Gasteiger partial charge is 2.00 e. The van der Waals surface area contributed by atoms with Crippen LogP contribution in [0, 0.1) is 0 Å². The molecule has 0 rings (SSSR count). The molecule has 4 nitrogen and oxygen atoms in total. The molecule has 0 heterocycles. The monoisotopic (exact) mass is 346 g/mol. The fraction of sp³-hybridized carbons (Fsp3) is 0.857. The van der Waals surface area contributed by atoms with E-state index in [1.54, 1.807) is 0 Å². The van der Waals surface area contributed by atoms with Crippen LogP contribution in [0.5, 0.6) is 0 Å². The summed E-state index contributed by atoms with van der Waals surface area (Å²) in [7, 11) is 0. The number of carboxylic acid groups (broad SMARTS) is 2. The van der Waals surface area contributed by atoms with E-state index in [1.807, 2.05) is 0 Å². The molecule has 0 saturated carbocycles. The van der Waals surface area contributed by atoms with Gasteiger partial charge < -0.3 is 19.8 Å². The molecule has 0 fully saturated rings. The number of hydrogen-bond donors (Lipinski definition) is 0. The molecule has 0 bridgehead atoms. The van der Waals surface area contributed by atoms with E-state index in [0.29, 0.717) is 0 Å². The maximum Gasteiger partial charge on any atom is 2.00 e. The SMILES string of the molecule is CCCCCCC(=O)[O-].CCCCCCC(=O)[O-].[Sr+2]. The average Bonchev–Trinajstić information content (AvgIpc) is 2.31. The summed E-state index contributed by atoms with van der Waals surface area (Å²) in [6.45, 7) is 4.19. The molecule has 0 atom stereocenters. The van der Waals surface area contributed by atoms with Crippen molar-refractivity contribution in [3.63, 3.8) is 0 Å². The van der Waals surface area contributed by atoms with E-state index in [-0.39, 0.29) is 58.3 Å². The molecule has 5 heteroatoms. The van der Waals surface area contributed by atoms with Gasteiger partial charge in [-0.3, -0.25) is 0 Å². The Kier molecular flexibility index (Phi) is 26.7. The first-order chi connectivity index (χ1) is 8.54. The molecule has 0 aromatic carbocycles. The van der Waals surface area contributed by atoms with Crippen molar-refractivity contribution in [3.05, 3.63) is 0 Å². The summed E-state index contributed by atoms with van der Waals surface area (Å²) in [6.07, 6.45) is 8.59. The van der Waals surface area contributed by atoms with Gasteiger partial charge in [-0.15, -0.1) is 0 Å². The van der Waals surface area contributed by atoms with Crippen LogP contribution in [0.1, 0.15) is 78.1 Å². The van der Waals surface area contributed by atoms with Gasteiger partial charge >= 0.3 is 45.5 Å². The van der Waals surface area contributed by atoms with Gasteiger partial charge in [0, 0.05) is 11.9 Å². The van der Waals surface area contributed by atoms with Crippen molar-refractivity contribution in [1.82, 2.24) is 0 Å². The number of carbonyl (C=O) groups is 2. The zero-order chi connectivity index (χ0) is 14.2. The molecule has 0 saturated heterocycles. The average molecular weight is 346 g/mol. The van der Waals surface area contributed by atoms with Crippen LogP contribution in [0.4, 0.5) is 0 Å². The van der Waals surface area contributed by atoms with Gasteiger partial charge in [0.2, 0.25) is 0 Å². The van der Waals surface area contributed by atoms with Crippen LogP contribution in [0.25, 0.3) is 0 Å². The predicted molar refractivity (Wildman–Crippen MR) is 73.3 cm³/mol. The van der Waals surface area contributed by atoms with Crippen molar-refractivity contribution >= 4 is 57.4 Å². The smallest absolute Gasteiger partial charge is 0.550 e. The Bertz CT molecular complexity index is 186. The number of unbranched alkanes of at least 4 members (excludes halogenated alkanes) is 6. The van der Waals surface area contributed by atoms with Gasteiger partial charge in [0.1, 0.15) is 0 Å². The molecule has 0 radical (unpaired) electrons. The maximum absolute atomic E-state index is 9.85. The van der Waals surface area contributed by atoms with E-state index >= 15 is 0 Å². The minimum Gasteiger partial charge on any atom is -0.550 e. The third-order valence-electron chi connectivity index (χ3n) is 2.47. The Morgan fingerprint density at radius 1 is 0.684 bits per heavy atom. The fourth-order valence-electron chi connectivity index (χ4n) is 1.39. The molecule has 0 aromatic rings. The summed E-state index contributed by atoms with van der Waals surface area (Å²) >= 11 is 0. The van der Waals surface area contributed by atoms with E-state index in [0.717, 1.165) is 51.4 Å². The van der Waals surface area contributed by atoms with Crippen molar-refractivity contribution in [3.8, 4) is 0 Å². The van der Waals surface area contributed by atoms with Crippen molar-refractivity contribution < 1.29 is 19.8 Å². The number of hydrogen-bond acceptors (Lipinski definition) is 4. The number of carbonyl (C=O) groups excluding carboxylic acids is 2. The summed E-state index contributed by atoms with van der Waals surface area (Å²) in [6, 6.07) is 0. The van der Waals surface area contributed by atoms with Gasteiger partial charge in [-0.1, -0.05) is 52.4 Å². The minimum absolute atomic E-state index is 0. The van der Waals surface area contributed by atoms with Crippen molar-refractivity contribution in [2.24, 2.45) is 0 Å². The van der Waals surface area contributed by atoms with Gasteiger partial charge in [0.25, 0.3) is 0 Å². The molecule has 0 aromatic heterocycles. The van der Waals surface area contributed by atoms with Crippen LogP contribution in [0.3, 0.4) is 0 Å². The maximum atomic E-state index is 9.85. The van der Waals surface area contributed by atoms with Crippen LogP contribution in [-0.4, -0.2) is 57.4 Å². The number of carboxylic acids is 2. The number of rotatable bonds is 10. The van der Waals surface area contributed by atoms with E-state index < -0.39 is 11.9 Å². The molecule has 0 aliphatic carbocycles. The number of aliphatic carboxylic acids is 2. The first kappa shape index (κ1) is 24.4. The Morgan fingerprint density at radius 3 is 1.21 bits per heavy atom. The zero-order valence-corrected chi connectivity index (χ0v) is 15.9. The van der Waals surface area contributed by atoms with Gasteiger partial charge in [0.15, 0.2) is 0 Å². The van der Waals surface area contributed by atoms with Crippen LogP contribution >= 0.6 is 0 Å². The van der Waals surface area contributed by atoms with E-state index in [4.69, 9.17) is 0 Å². The first-order valence-electron chi connectivity index (χ1n) is 6.94. The van der Waals surface area contributed by atoms with E-state index in [1.165, 1.54) is 0 Å². The molecular weight excluding hydrogens is 320 g/mol. The topological polar surface area (TPSA) is 80.3 Å². The second-order valence-corrected chi connectivity index (χ2v) is 4.37. The summed E-state index contributed by atoms with van der Waals surface area (Å²) in [4.78, 5) is 19.7. The van der Waals surface area contributed by atoms with Crippen LogP contribution < -0.4 is 10.2 Å². The molecule has 0 amide bonds. The first-order valence-corrected chi connectivity index (χ1v) is 6.94. The summed E-state index contributed by atoms with van der Waals surface area (Å²) in [5, 5.41) is 19.7. The zero-order valence-electron chi connectivity index (χ0n) is 12.4. The Labute approximate surface area is 154 Å². The normalized spacial score (nSPS) is 8.95. The second-order valence-electron chi connectivity index (χ2n) is 4.37. The Morgan fingerprint density at radius 2 is 1.00 bits per heavy atom. The summed E-state index contributed by atoms with van der Waals surface area (Å²) < 4.78 is 0. The minimum atomic E-state index is -0.925. The van der Waals surface area contributed by atoms with Gasteiger partial charge in [0.05, 0.1) is 0 Å². The second kappa shape index (κ2) is 20.7. The molecule has 19 heavy (non-hydrogen) atoms. The van der Waals surface area contributed by atoms with Crippen molar-refractivity contribution in [1.29, 1.82) is 0 Å². The van der Waals surface area contributed by atoms with Gasteiger partial charge in [-0.2, -0.15) is 0 Å². The van der Waals surface area contributed by atoms with Crippen LogP contribution in [0.15, 0.2) is 0 Å². The van der Waals surface area contributed by atoms with Crippen molar-refractivity contribution in [2.45, 2.75) is 78.1 Å². The van der Waals surface area contributed by atoms with Crippen LogP contribution in [-0.2, 0) is 9.59 Å². The third-order valence-corrected chi connectivity index (χ3v) is 2.47. The molecule has 0 N–H and O–H groups in total. The summed E-state index contributed by atoms with van der Waals surface area (Å²) in [5.41, 5.74) is 0. The predicted octanol–water partition coefficient (Wildman–Crippen LogP) is 1.03. The molecule has 0 aliphatic heterocycles.